The van der Waals surface area contributed by atoms with Gasteiger partial charge in [-0.2, -0.15) is 0 Å². The Kier molecular flexibility index (Phi) is 3.22. The Balaban J connectivity index is 2.22. The first-order chi connectivity index (χ1) is 10.1. The van der Waals surface area contributed by atoms with Gasteiger partial charge in [0.2, 0.25) is 0 Å². The topological polar surface area (TPSA) is 52.0 Å². The molecule has 1 aromatic heterocycles. The van der Waals surface area contributed by atoms with E-state index in [-0.39, 0.29) is 11.6 Å². The van der Waals surface area contributed by atoms with E-state index in [0.717, 1.165) is 16.7 Å². The largest absolute Gasteiger partial charge is 0.380 e. The molecule has 2 aromatic carbocycles. The van der Waals surface area contributed by atoms with Gasteiger partial charge in [0.25, 0.3) is 0 Å². The Morgan fingerprint density at radius 3 is 2.52 bits per heavy atom. The second-order valence-electron chi connectivity index (χ2n) is 5.12. The fraction of sp³-hybridized carbons (Fsp3) is 0.118. The summed E-state index contributed by atoms with van der Waals surface area (Å²) >= 11 is 0. The van der Waals surface area contributed by atoms with Crippen LogP contribution in [0.15, 0.2) is 47.0 Å². The van der Waals surface area contributed by atoms with E-state index in [1.54, 1.807) is 6.07 Å². The molecule has 106 valence electrons. The second-order valence-corrected chi connectivity index (χ2v) is 5.12. The van der Waals surface area contributed by atoms with Crippen LogP contribution in [0.5, 0.6) is 0 Å². The lowest BCUT2D eigenvalue weighted by molar-refractivity contribution is 0.433. The highest BCUT2D eigenvalue weighted by atomic mass is 19.1. The minimum absolute atomic E-state index is 0.260. The fourth-order valence-corrected chi connectivity index (χ4v) is 2.37. The standard InChI is InChI=1S/C17H15FN2O/c1-10-4-3-5-12(8-10)15-16(21-20-17(15)19)13-7-6-11(2)9-14(13)18/h3-9H,1-2H3,(H2,19,20). The molecule has 0 amide bonds. The minimum Gasteiger partial charge on any atom is -0.380 e. The molecule has 0 fully saturated rings. The molecule has 0 atom stereocenters. The Labute approximate surface area is 122 Å². The number of rotatable bonds is 2. The Bertz CT molecular complexity index is 808. The first kappa shape index (κ1) is 13.4. The number of aryl methyl sites for hydroxylation is 2. The van der Waals surface area contributed by atoms with E-state index in [1.807, 2.05) is 44.2 Å². The van der Waals surface area contributed by atoms with Crippen molar-refractivity contribution in [3.8, 4) is 22.5 Å². The van der Waals surface area contributed by atoms with Crippen molar-refractivity contribution in [3.05, 3.63) is 59.4 Å². The van der Waals surface area contributed by atoms with Crippen LogP contribution in [0.25, 0.3) is 22.5 Å². The average Bonchev–Trinajstić information content (AvgIpc) is 2.80. The molecule has 2 N–H and O–H groups in total. The van der Waals surface area contributed by atoms with Crippen molar-refractivity contribution in [1.29, 1.82) is 0 Å². The predicted molar refractivity (Wildman–Crippen MR) is 81.2 cm³/mol. The molecule has 0 unspecified atom stereocenters. The summed E-state index contributed by atoms with van der Waals surface area (Å²) < 4.78 is 19.5. The number of nitrogen functional groups attached to an aromatic ring is 1. The predicted octanol–water partition coefficient (Wildman–Crippen LogP) is 4.35. The van der Waals surface area contributed by atoms with Gasteiger partial charge in [-0.05, 0) is 37.1 Å². The maximum atomic E-state index is 14.2. The van der Waals surface area contributed by atoms with Crippen LogP contribution in [0, 0.1) is 19.7 Å². The number of benzene rings is 2. The fourth-order valence-electron chi connectivity index (χ4n) is 2.37. The highest BCUT2D eigenvalue weighted by Crippen LogP contribution is 2.37. The van der Waals surface area contributed by atoms with Crippen LogP contribution in [0.2, 0.25) is 0 Å². The van der Waals surface area contributed by atoms with E-state index in [2.05, 4.69) is 5.16 Å². The van der Waals surface area contributed by atoms with Crippen LogP contribution in [-0.4, -0.2) is 5.16 Å². The smallest absolute Gasteiger partial charge is 0.179 e. The molecule has 4 heteroatoms. The van der Waals surface area contributed by atoms with Gasteiger partial charge in [-0.1, -0.05) is 41.1 Å². The lowest BCUT2D eigenvalue weighted by atomic mass is 9.99. The van der Waals surface area contributed by atoms with Gasteiger partial charge in [0, 0.05) is 0 Å². The van der Waals surface area contributed by atoms with Crippen LogP contribution < -0.4 is 5.73 Å². The zero-order valence-corrected chi connectivity index (χ0v) is 11.9. The molecule has 21 heavy (non-hydrogen) atoms. The summed E-state index contributed by atoms with van der Waals surface area (Å²) in [4.78, 5) is 0. The summed E-state index contributed by atoms with van der Waals surface area (Å²) in [7, 11) is 0. The first-order valence-corrected chi connectivity index (χ1v) is 6.65. The summed E-state index contributed by atoms with van der Waals surface area (Å²) in [6, 6.07) is 12.8. The maximum Gasteiger partial charge on any atom is 0.179 e. The monoisotopic (exact) mass is 282 g/mol. The third-order valence-corrected chi connectivity index (χ3v) is 3.39. The van der Waals surface area contributed by atoms with Gasteiger partial charge in [-0.3, -0.25) is 0 Å². The molecular formula is C17H15FN2O. The number of hydrogen-bond acceptors (Lipinski definition) is 3. The first-order valence-electron chi connectivity index (χ1n) is 6.65. The lowest BCUT2D eigenvalue weighted by Gasteiger charge is -2.05. The van der Waals surface area contributed by atoms with Gasteiger partial charge in [0.1, 0.15) is 5.82 Å². The van der Waals surface area contributed by atoms with Crippen molar-refractivity contribution in [3.63, 3.8) is 0 Å². The van der Waals surface area contributed by atoms with Gasteiger partial charge >= 0.3 is 0 Å². The SMILES string of the molecule is Cc1cccc(-c2c(N)noc2-c2ccc(C)cc2F)c1. The number of aromatic nitrogens is 1. The van der Waals surface area contributed by atoms with Crippen molar-refractivity contribution in [1.82, 2.24) is 5.16 Å². The van der Waals surface area contributed by atoms with E-state index in [1.165, 1.54) is 6.07 Å². The van der Waals surface area contributed by atoms with Crippen LogP contribution in [0.1, 0.15) is 11.1 Å². The van der Waals surface area contributed by atoms with Crippen molar-refractivity contribution in [2.45, 2.75) is 13.8 Å². The van der Waals surface area contributed by atoms with Gasteiger partial charge in [0.15, 0.2) is 11.6 Å². The highest BCUT2D eigenvalue weighted by molar-refractivity contribution is 5.86. The summed E-state index contributed by atoms with van der Waals surface area (Å²) in [6.07, 6.45) is 0. The molecule has 0 spiro atoms. The lowest BCUT2D eigenvalue weighted by Crippen LogP contribution is -1.91. The summed E-state index contributed by atoms with van der Waals surface area (Å²) in [5.74, 6) is 0.270. The minimum atomic E-state index is -0.347. The number of anilines is 1. The summed E-state index contributed by atoms with van der Waals surface area (Å²) in [6.45, 7) is 3.82. The molecule has 0 radical (unpaired) electrons. The van der Waals surface area contributed by atoms with E-state index >= 15 is 0 Å². The average molecular weight is 282 g/mol. The Morgan fingerprint density at radius 1 is 1.05 bits per heavy atom. The number of halogens is 1. The molecule has 0 saturated heterocycles. The molecule has 3 aromatic rings. The van der Waals surface area contributed by atoms with Crippen LogP contribution in [-0.2, 0) is 0 Å². The van der Waals surface area contributed by atoms with Crippen LogP contribution in [0.4, 0.5) is 10.2 Å². The van der Waals surface area contributed by atoms with E-state index in [0.29, 0.717) is 16.9 Å². The van der Waals surface area contributed by atoms with Gasteiger partial charge < -0.3 is 10.3 Å². The van der Waals surface area contributed by atoms with Crippen molar-refractivity contribution in [2.24, 2.45) is 0 Å². The van der Waals surface area contributed by atoms with Gasteiger partial charge in [-0.25, -0.2) is 4.39 Å². The zero-order valence-electron chi connectivity index (χ0n) is 11.9. The molecular weight excluding hydrogens is 267 g/mol. The molecule has 0 saturated carbocycles. The molecule has 3 rings (SSSR count). The number of nitrogens with two attached hydrogens (primary N) is 1. The third-order valence-electron chi connectivity index (χ3n) is 3.39. The second kappa shape index (κ2) is 5.05. The van der Waals surface area contributed by atoms with Crippen molar-refractivity contribution < 1.29 is 8.91 Å². The highest BCUT2D eigenvalue weighted by Gasteiger charge is 2.20. The molecule has 0 bridgehead atoms. The molecule has 0 aliphatic carbocycles. The molecule has 0 aliphatic heterocycles. The van der Waals surface area contributed by atoms with Crippen LogP contribution in [0.3, 0.4) is 0 Å². The molecule has 3 nitrogen and oxygen atoms in total. The zero-order chi connectivity index (χ0) is 15.0. The normalized spacial score (nSPS) is 10.8. The Morgan fingerprint density at radius 2 is 1.81 bits per heavy atom. The summed E-state index contributed by atoms with van der Waals surface area (Å²) in [5, 5.41) is 3.80. The molecule has 0 aliphatic rings. The Hall–Kier alpha value is -2.62. The van der Waals surface area contributed by atoms with E-state index in [9.17, 15) is 4.39 Å². The van der Waals surface area contributed by atoms with Gasteiger partial charge in [-0.15, -0.1) is 0 Å². The summed E-state index contributed by atoms with van der Waals surface area (Å²) in [5.41, 5.74) is 9.70. The maximum absolute atomic E-state index is 14.2. The third kappa shape index (κ3) is 2.40. The number of nitrogens with zero attached hydrogens (tertiary/aromatic N) is 1. The van der Waals surface area contributed by atoms with E-state index < -0.39 is 0 Å². The quantitative estimate of drug-likeness (QED) is 0.760. The molecule has 1 heterocycles. The van der Waals surface area contributed by atoms with Crippen LogP contribution >= 0.6 is 0 Å². The number of hydrogen-bond donors (Lipinski definition) is 1. The van der Waals surface area contributed by atoms with Gasteiger partial charge in [0.05, 0.1) is 11.1 Å². The van der Waals surface area contributed by atoms with Crippen molar-refractivity contribution in [2.75, 3.05) is 5.73 Å². The van der Waals surface area contributed by atoms with E-state index in [4.69, 9.17) is 10.3 Å². The van der Waals surface area contributed by atoms with Crippen molar-refractivity contribution >= 4 is 5.82 Å².